The number of para-hydroxylation sites is 3. The molecule has 26 heavy (non-hydrogen) atoms. The minimum absolute atomic E-state index is 0.212. The van der Waals surface area contributed by atoms with E-state index in [1.807, 2.05) is 59.2 Å². The lowest BCUT2D eigenvalue weighted by Gasteiger charge is -2.09. The van der Waals surface area contributed by atoms with Gasteiger partial charge in [-0.15, -0.1) is 0 Å². The van der Waals surface area contributed by atoms with Gasteiger partial charge in [-0.2, -0.15) is 0 Å². The van der Waals surface area contributed by atoms with Crippen molar-refractivity contribution in [2.24, 2.45) is 0 Å². The summed E-state index contributed by atoms with van der Waals surface area (Å²) in [4.78, 5) is 17.2. The van der Waals surface area contributed by atoms with Crippen molar-refractivity contribution in [3.8, 4) is 5.69 Å². The van der Waals surface area contributed by atoms with Gasteiger partial charge < -0.3 is 9.15 Å². The summed E-state index contributed by atoms with van der Waals surface area (Å²) in [6.07, 6.45) is 0. The van der Waals surface area contributed by atoms with Crippen molar-refractivity contribution in [2.75, 3.05) is 12.4 Å². The Morgan fingerprint density at radius 3 is 2.65 bits per heavy atom. The Morgan fingerprint density at radius 2 is 1.85 bits per heavy atom. The second kappa shape index (κ2) is 6.85. The number of rotatable bonds is 5. The summed E-state index contributed by atoms with van der Waals surface area (Å²) in [5.74, 6) is 0.880. The van der Waals surface area contributed by atoms with Crippen LogP contribution in [0.25, 0.3) is 16.7 Å². The Labute approximate surface area is 150 Å². The molecule has 4 rings (SSSR count). The Balaban J connectivity index is 1.73. The number of ether oxygens (including phenoxy) is 1. The Hall–Kier alpha value is -3.38. The Kier molecular flexibility index (Phi) is 4.25. The van der Waals surface area contributed by atoms with E-state index in [2.05, 4.69) is 10.3 Å². The SMILES string of the molecule is COCc1ccc(C(=O)Nc2nc3ccccc3n2-c2ccccc2)o1. The van der Waals surface area contributed by atoms with Crippen LogP contribution in [0.1, 0.15) is 16.3 Å². The van der Waals surface area contributed by atoms with Crippen LogP contribution in [-0.2, 0) is 11.3 Å². The van der Waals surface area contributed by atoms with E-state index in [4.69, 9.17) is 9.15 Å². The maximum atomic E-state index is 12.6. The molecule has 0 fully saturated rings. The standard InChI is InChI=1S/C20H17N3O3/c1-25-13-15-11-12-18(26-15)19(24)22-20-21-16-9-5-6-10-17(16)23(20)14-7-3-2-4-8-14/h2-12H,13H2,1H3,(H,21,22,24). The van der Waals surface area contributed by atoms with Gasteiger partial charge in [0, 0.05) is 12.8 Å². The molecule has 1 amide bonds. The Morgan fingerprint density at radius 1 is 1.08 bits per heavy atom. The topological polar surface area (TPSA) is 69.3 Å². The van der Waals surface area contributed by atoms with Gasteiger partial charge in [0.2, 0.25) is 5.95 Å². The highest BCUT2D eigenvalue weighted by molar-refractivity contribution is 6.02. The molecule has 0 radical (unpaired) electrons. The summed E-state index contributed by atoms with van der Waals surface area (Å²) in [5.41, 5.74) is 2.62. The van der Waals surface area contributed by atoms with Crippen molar-refractivity contribution < 1.29 is 13.9 Å². The number of nitrogens with zero attached hydrogens (tertiary/aromatic N) is 2. The molecule has 2 aromatic carbocycles. The van der Waals surface area contributed by atoms with Crippen LogP contribution in [0, 0.1) is 0 Å². The van der Waals surface area contributed by atoms with E-state index in [0.29, 0.717) is 18.3 Å². The number of hydrogen-bond donors (Lipinski definition) is 1. The van der Waals surface area contributed by atoms with Crippen molar-refractivity contribution in [3.63, 3.8) is 0 Å². The second-order valence-electron chi connectivity index (χ2n) is 5.75. The number of carbonyl (C=O) groups is 1. The number of hydrogen-bond acceptors (Lipinski definition) is 4. The molecule has 2 aromatic heterocycles. The molecule has 0 saturated heterocycles. The van der Waals surface area contributed by atoms with E-state index in [-0.39, 0.29) is 11.7 Å². The average Bonchev–Trinajstić information content (AvgIpc) is 3.27. The molecule has 0 spiro atoms. The molecule has 1 N–H and O–H groups in total. The van der Waals surface area contributed by atoms with E-state index >= 15 is 0 Å². The first-order valence-corrected chi connectivity index (χ1v) is 8.18. The maximum absolute atomic E-state index is 12.6. The first-order valence-electron chi connectivity index (χ1n) is 8.18. The van der Waals surface area contributed by atoms with Crippen molar-refractivity contribution in [2.45, 2.75) is 6.61 Å². The molecule has 0 saturated carbocycles. The summed E-state index contributed by atoms with van der Waals surface area (Å²) in [6, 6.07) is 20.8. The number of aromatic nitrogens is 2. The highest BCUT2D eigenvalue weighted by atomic mass is 16.5. The largest absolute Gasteiger partial charge is 0.453 e. The number of benzene rings is 2. The van der Waals surface area contributed by atoms with Crippen LogP contribution >= 0.6 is 0 Å². The third kappa shape index (κ3) is 2.98. The van der Waals surface area contributed by atoms with Crippen LogP contribution in [0.2, 0.25) is 0 Å². The number of anilines is 1. The zero-order chi connectivity index (χ0) is 17.9. The molecule has 0 bridgehead atoms. The van der Waals surface area contributed by atoms with Crippen LogP contribution in [0.15, 0.2) is 71.1 Å². The van der Waals surface area contributed by atoms with Crippen LogP contribution in [0.5, 0.6) is 0 Å². The minimum atomic E-state index is -0.361. The summed E-state index contributed by atoms with van der Waals surface area (Å²) < 4.78 is 12.4. The predicted octanol–water partition coefficient (Wildman–Crippen LogP) is 4.02. The van der Waals surface area contributed by atoms with Crippen LogP contribution in [-0.4, -0.2) is 22.6 Å². The summed E-state index contributed by atoms with van der Waals surface area (Å²) in [5, 5.41) is 2.85. The number of imidazole rings is 1. The van der Waals surface area contributed by atoms with Gasteiger partial charge in [-0.1, -0.05) is 30.3 Å². The van der Waals surface area contributed by atoms with Crippen molar-refractivity contribution in [1.82, 2.24) is 9.55 Å². The van der Waals surface area contributed by atoms with E-state index in [1.54, 1.807) is 19.2 Å². The van der Waals surface area contributed by atoms with Crippen LogP contribution < -0.4 is 5.32 Å². The molecule has 0 unspecified atom stereocenters. The zero-order valence-corrected chi connectivity index (χ0v) is 14.2. The smallest absolute Gasteiger partial charge is 0.293 e. The molecule has 0 aliphatic heterocycles. The molecular weight excluding hydrogens is 330 g/mol. The molecule has 0 atom stereocenters. The molecular formula is C20H17N3O3. The van der Waals surface area contributed by atoms with E-state index in [1.165, 1.54) is 0 Å². The van der Waals surface area contributed by atoms with Gasteiger partial charge in [0.15, 0.2) is 5.76 Å². The third-order valence-electron chi connectivity index (χ3n) is 3.97. The monoisotopic (exact) mass is 347 g/mol. The Bertz CT molecular complexity index is 1050. The van der Waals surface area contributed by atoms with Gasteiger partial charge in [0.25, 0.3) is 5.91 Å². The molecule has 0 aliphatic carbocycles. The number of nitrogens with one attached hydrogen (secondary N) is 1. The number of fused-ring (bicyclic) bond motifs is 1. The lowest BCUT2D eigenvalue weighted by Crippen LogP contribution is -2.14. The summed E-state index contributed by atoms with van der Waals surface area (Å²) >= 11 is 0. The van der Waals surface area contributed by atoms with Gasteiger partial charge in [-0.05, 0) is 36.4 Å². The summed E-state index contributed by atoms with van der Waals surface area (Å²) in [6.45, 7) is 0.315. The quantitative estimate of drug-likeness (QED) is 0.592. The van der Waals surface area contributed by atoms with Gasteiger partial charge in [0.1, 0.15) is 12.4 Å². The number of amides is 1. The summed E-state index contributed by atoms with van der Waals surface area (Å²) in [7, 11) is 1.57. The van der Waals surface area contributed by atoms with Crippen molar-refractivity contribution in [3.05, 3.63) is 78.3 Å². The van der Waals surface area contributed by atoms with Crippen LogP contribution in [0.4, 0.5) is 5.95 Å². The maximum Gasteiger partial charge on any atom is 0.293 e. The van der Waals surface area contributed by atoms with Crippen LogP contribution in [0.3, 0.4) is 0 Å². The first-order chi connectivity index (χ1) is 12.8. The number of furan rings is 1. The highest BCUT2D eigenvalue weighted by Crippen LogP contribution is 2.25. The lowest BCUT2D eigenvalue weighted by molar-refractivity contribution is 0.0986. The van der Waals surface area contributed by atoms with Gasteiger partial charge >= 0.3 is 0 Å². The highest BCUT2D eigenvalue weighted by Gasteiger charge is 2.17. The second-order valence-corrected chi connectivity index (χ2v) is 5.75. The fourth-order valence-electron chi connectivity index (χ4n) is 2.83. The molecule has 6 heteroatoms. The number of methoxy groups -OCH3 is 1. The van der Waals surface area contributed by atoms with Gasteiger partial charge in [-0.25, -0.2) is 4.98 Å². The van der Waals surface area contributed by atoms with E-state index in [0.717, 1.165) is 16.7 Å². The average molecular weight is 347 g/mol. The minimum Gasteiger partial charge on any atom is -0.453 e. The van der Waals surface area contributed by atoms with Crippen molar-refractivity contribution >= 4 is 22.9 Å². The fourth-order valence-corrected chi connectivity index (χ4v) is 2.83. The van der Waals surface area contributed by atoms with Gasteiger partial charge in [-0.3, -0.25) is 14.7 Å². The lowest BCUT2D eigenvalue weighted by atomic mass is 10.3. The fraction of sp³-hybridized carbons (Fsp3) is 0.100. The van der Waals surface area contributed by atoms with Gasteiger partial charge in [0.05, 0.1) is 11.0 Å². The number of carbonyl (C=O) groups excluding carboxylic acids is 1. The molecule has 4 aromatic rings. The first kappa shape index (κ1) is 16.1. The molecule has 6 nitrogen and oxygen atoms in total. The van der Waals surface area contributed by atoms with E-state index in [9.17, 15) is 4.79 Å². The molecule has 0 aliphatic rings. The van der Waals surface area contributed by atoms with E-state index < -0.39 is 0 Å². The molecule has 2 heterocycles. The van der Waals surface area contributed by atoms with Crippen molar-refractivity contribution in [1.29, 1.82) is 0 Å². The normalized spacial score (nSPS) is 11.0. The molecule has 130 valence electrons. The zero-order valence-electron chi connectivity index (χ0n) is 14.2. The third-order valence-corrected chi connectivity index (χ3v) is 3.97. The predicted molar refractivity (Wildman–Crippen MR) is 98.4 cm³/mol.